The molecule has 0 saturated carbocycles. The van der Waals surface area contributed by atoms with Crippen molar-refractivity contribution in [2.45, 2.75) is 194 Å². The lowest BCUT2D eigenvalue weighted by Crippen LogP contribution is -2.53. The van der Waals surface area contributed by atoms with Crippen molar-refractivity contribution in [3.05, 3.63) is 152 Å². The zero-order valence-corrected chi connectivity index (χ0v) is 46.5. The van der Waals surface area contributed by atoms with Crippen LogP contribution in [0.4, 0.5) is 11.4 Å². The van der Waals surface area contributed by atoms with Gasteiger partial charge in [0.1, 0.15) is 0 Å². The first-order valence-corrected chi connectivity index (χ1v) is 27.3. The van der Waals surface area contributed by atoms with E-state index in [0.29, 0.717) is 0 Å². The molecule has 3 heterocycles. The molecule has 0 N–H and O–H groups in total. The molecular weight excluding hydrogens is 856 g/mol. The zero-order chi connectivity index (χ0) is 50.4. The SMILES string of the molecule is CC(C)(C)c1ccc2c(c1)c1cc(C(C)(C)C)cc3c1n2B1C2=C(c4cc5c(cc4C2(C)C)C(C)(C)CCC5(C)C)N(c2ccc4c(c2)C(C)(C)CCC4(C)C)c2c1c-3cc1c2-c2ccccc2C1(C)C. The predicted molar refractivity (Wildman–Crippen MR) is 306 cm³/mol. The van der Waals surface area contributed by atoms with Gasteiger partial charge in [-0.2, -0.15) is 0 Å². The Morgan fingerprint density at radius 1 is 0.451 bits per heavy atom. The topological polar surface area (TPSA) is 8.17 Å². The molecule has 6 aromatic carbocycles. The highest BCUT2D eigenvalue weighted by Gasteiger charge is 2.56. The van der Waals surface area contributed by atoms with E-state index in [4.69, 9.17) is 0 Å². The van der Waals surface area contributed by atoms with E-state index in [1.165, 1.54) is 148 Å². The summed E-state index contributed by atoms with van der Waals surface area (Å²) in [5.74, 6) is 0. The minimum atomic E-state index is -0.294. The van der Waals surface area contributed by atoms with Crippen LogP contribution in [-0.2, 0) is 43.3 Å². The highest BCUT2D eigenvalue weighted by atomic mass is 15.2. The van der Waals surface area contributed by atoms with Crippen LogP contribution in [-0.4, -0.2) is 11.3 Å². The second kappa shape index (κ2) is 13.5. The number of hydrogen-bond acceptors (Lipinski definition) is 1. The van der Waals surface area contributed by atoms with Gasteiger partial charge in [-0.25, -0.2) is 0 Å². The molecule has 6 aliphatic rings. The van der Waals surface area contributed by atoms with Crippen LogP contribution in [0.1, 0.15) is 206 Å². The third kappa shape index (κ3) is 5.79. The largest absolute Gasteiger partial charge is 0.376 e. The Labute approximate surface area is 426 Å². The summed E-state index contributed by atoms with van der Waals surface area (Å²) in [7, 11) is 0. The molecule has 362 valence electrons. The van der Waals surface area contributed by atoms with Gasteiger partial charge in [0, 0.05) is 60.7 Å². The van der Waals surface area contributed by atoms with Crippen molar-refractivity contribution in [1.29, 1.82) is 0 Å². The molecule has 0 saturated heterocycles. The Morgan fingerprint density at radius 2 is 1.03 bits per heavy atom. The number of nitrogens with zero attached hydrogens (tertiary/aromatic N) is 2. The summed E-state index contributed by atoms with van der Waals surface area (Å²) in [5.41, 5.74) is 29.9. The first-order chi connectivity index (χ1) is 33.0. The standard InChI is InChI=1S/C68H77BN2/c1-61(2,3)38-23-26-54-42(31-38)44-32-39(62(4,5)6)33-45-43-35-53-55(41-21-19-20-22-47(41)67(53,15)16)59-56(43)69(71(54)57(44)45)60-58(70(59)40-24-25-48-50(34-40)64(9,10)28-27-63(48,7)8)46-36-51-52(37-49(46)68(60,17)18)66(13,14)30-29-65(51,11)12/h19-26,31-37H,27-30H2,1-18H3. The molecule has 0 unspecified atom stereocenters. The summed E-state index contributed by atoms with van der Waals surface area (Å²) in [4.78, 5) is 2.87. The lowest BCUT2D eigenvalue weighted by molar-refractivity contribution is 0.331. The van der Waals surface area contributed by atoms with E-state index in [0.717, 1.165) is 0 Å². The Hall–Kier alpha value is -5.28. The van der Waals surface area contributed by atoms with Gasteiger partial charge in [0.25, 0.3) is 0 Å². The van der Waals surface area contributed by atoms with Crippen LogP contribution in [0.3, 0.4) is 0 Å². The van der Waals surface area contributed by atoms with Crippen LogP contribution in [0.15, 0.2) is 96.5 Å². The van der Waals surface area contributed by atoms with Gasteiger partial charge in [-0.1, -0.05) is 167 Å². The average molecular weight is 933 g/mol. The maximum atomic E-state index is 2.87. The molecule has 4 aliphatic carbocycles. The molecule has 7 aromatic rings. The summed E-state index contributed by atoms with van der Waals surface area (Å²) < 4.78 is 2.87. The summed E-state index contributed by atoms with van der Waals surface area (Å²) in [5, 5.41) is 2.77. The van der Waals surface area contributed by atoms with Gasteiger partial charge in [-0.15, -0.1) is 0 Å². The molecule has 71 heavy (non-hydrogen) atoms. The van der Waals surface area contributed by atoms with Crippen molar-refractivity contribution in [3.63, 3.8) is 0 Å². The van der Waals surface area contributed by atoms with Crippen LogP contribution in [0, 0.1) is 0 Å². The zero-order valence-electron chi connectivity index (χ0n) is 46.5. The molecule has 0 spiro atoms. The van der Waals surface area contributed by atoms with Gasteiger partial charge in [0.15, 0.2) is 0 Å². The van der Waals surface area contributed by atoms with Gasteiger partial charge in [0.05, 0.1) is 5.69 Å². The van der Waals surface area contributed by atoms with Gasteiger partial charge in [-0.05, 0) is 179 Å². The Kier molecular flexibility index (Phi) is 8.64. The molecular formula is C68H77BN2. The summed E-state index contributed by atoms with van der Waals surface area (Å²) in [6, 6.07) is 38.0. The van der Waals surface area contributed by atoms with Crippen molar-refractivity contribution >= 4 is 51.2 Å². The van der Waals surface area contributed by atoms with Crippen molar-refractivity contribution < 1.29 is 0 Å². The van der Waals surface area contributed by atoms with Crippen molar-refractivity contribution in [2.24, 2.45) is 0 Å². The molecule has 0 radical (unpaired) electrons. The van der Waals surface area contributed by atoms with Crippen molar-refractivity contribution in [3.8, 4) is 22.3 Å². The van der Waals surface area contributed by atoms with E-state index in [1.54, 1.807) is 5.56 Å². The van der Waals surface area contributed by atoms with E-state index in [2.05, 4.69) is 225 Å². The van der Waals surface area contributed by atoms with E-state index in [9.17, 15) is 0 Å². The first-order valence-electron chi connectivity index (χ1n) is 27.3. The smallest absolute Gasteiger partial charge is 0.329 e. The minimum Gasteiger partial charge on any atom is -0.376 e. The number of anilines is 2. The lowest BCUT2D eigenvalue weighted by atomic mass is 9.40. The van der Waals surface area contributed by atoms with Crippen LogP contribution in [0.25, 0.3) is 49.8 Å². The van der Waals surface area contributed by atoms with Crippen LogP contribution >= 0.6 is 0 Å². The third-order valence-corrected chi connectivity index (χ3v) is 20.0. The molecule has 1 aromatic heterocycles. The Morgan fingerprint density at radius 3 is 1.68 bits per heavy atom. The molecule has 0 atom stereocenters. The predicted octanol–water partition coefficient (Wildman–Crippen LogP) is 17.5. The normalized spacial score (nSPS) is 20.9. The molecule has 0 fully saturated rings. The number of benzene rings is 6. The van der Waals surface area contributed by atoms with E-state index in [-0.39, 0.29) is 50.2 Å². The van der Waals surface area contributed by atoms with Gasteiger partial charge in [-0.3, -0.25) is 0 Å². The fourth-order valence-corrected chi connectivity index (χ4v) is 15.2. The van der Waals surface area contributed by atoms with Gasteiger partial charge in [0.2, 0.25) is 0 Å². The minimum absolute atomic E-state index is 0.0125. The van der Waals surface area contributed by atoms with Crippen LogP contribution in [0.2, 0.25) is 0 Å². The third-order valence-electron chi connectivity index (χ3n) is 20.0. The Bertz CT molecular complexity index is 3610. The van der Waals surface area contributed by atoms with Crippen LogP contribution < -0.4 is 10.4 Å². The molecule has 3 heteroatoms. The number of rotatable bonds is 1. The average Bonchev–Trinajstić information content (AvgIpc) is 3.83. The van der Waals surface area contributed by atoms with E-state index in [1.807, 2.05) is 0 Å². The highest BCUT2D eigenvalue weighted by Crippen LogP contribution is 2.64. The van der Waals surface area contributed by atoms with Crippen molar-refractivity contribution in [2.75, 3.05) is 4.90 Å². The Balaban J connectivity index is 1.26. The first kappa shape index (κ1) is 45.6. The number of aromatic nitrogens is 1. The lowest BCUT2D eigenvalue weighted by Gasteiger charge is -2.46. The number of hydrogen-bond donors (Lipinski definition) is 0. The summed E-state index contributed by atoms with van der Waals surface area (Å²) >= 11 is 0. The van der Waals surface area contributed by atoms with Crippen LogP contribution in [0.5, 0.6) is 0 Å². The number of allylic oxidation sites excluding steroid dienone is 1. The molecule has 2 nitrogen and oxygen atoms in total. The fourth-order valence-electron chi connectivity index (χ4n) is 15.2. The second-order valence-corrected chi connectivity index (χ2v) is 29.1. The summed E-state index contributed by atoms with van der Waals surface area (Å²) in [6.07, 6.45) is 4.76. The summed E-state index contributed by atoms with van der Waals surface area (Å²) in [6.45, 7) is 44.5. The monoisotopic (exact) mass is 933 g/mol. The van der Waals surface area contributed by atoms with E-state index >= 15 is 0 Å². The maximum absolute atomic E-state index is 2.87. The quantitative estimate of drug-likeness (QED) is 0.149. The molecule has 0 bridgehead atoms. The second-order valence-electron chi connectivity index (χ2n) is 29.1. The molecule has 0 amide bonds. The highest BCUT2D eigenvalue weighted by molar-refractivity contribution is 6.86. The molecule has 2 aliphatic heterocycles. The molecule has 13 rings (SSSR count). The van der Waals surface area contributed by atoms with E-state index < -0.39 is 0 Å². The fraction of sp³-hybridized carbons (Fsp3) is 0.441. The van der Waals surface area contributed by atoms with Crippen molar-refractivity contribution in [1.82, 2.24) is 4.48 Å². The maximum Gasteiger partial charge on any atom is 0.329 e. The van der Waals surface area contributed by atoms with Gasteiger partial charge < -0.3 is 9.38 Å². The number of fused-ring (bicyclic) bond motifs is 14. The van der Waals surface area contributed by atoms with Gasteiger partial charge >= 0.3 is 6.85 Å².